The molecule has 38 heavy (non-hydrogen) atoms. The molecule has 3 heterocycles. The van der Waals surface area contributed by atoms with Gasteiger partial charge >= 0.3 is 5.69 Å². The highest BCUT2D eigenvalue weighted by atomic mass is 35.5. The van der Waals surface area contributed by atoms with Crippen molar-refractivity contribution in [3.8, 4) is 11.1 Å². The summed E-state index contributed by atoms with van der Waals surface area (Å²) in [6.45, 7) is 8.11. The van der Waals surface area contributed by atoms with Crippen LogP contribution in [0.3, 0.4) is 0 Å². The van der Waals surface area contributed by atoms with Crippen molar-refractivity contribution < 1.29 is 18.7 Å². The number of hydrogen-bond acceptors (Lipinski definition) is 7. The Kier molecular flexibility index (Phi) is 7.76. The van der Waals surface area contributed by atoms with E-state index >= 15 is 0 Å². The van der Waals surface area contributed by atoms with Gasteiger partial charge in [0.05, 0.1) is 23.2 Å². The minimum atomic E-state index is -0.488. The van der Waals surface area contributed by atoms with Gasteiger partial charge < -0.3 is 19.3 Å². The molecule has 1 atom stereocenters. The molecule has 5 rings (SSSR count). The molecule has 0 saturated carbocycles. The fourth-order valence-electron chi connectivity index (χ4n) is 5.05. The van der Waals surface area contributed by atoms with Crippen LogP contribution in [0, 0.1) is 12.7 Å². The Bertz CT molecular complexity index is 1470. The van der Waals surface area contributed by atoms with E-state index in [1.165, 1.54) is 12.1 Å². The SMILES string of the molecule is C=CC(=O)N1CCN(c2nc(=O)n3c4c(c(-c5ccc(F)c(Cl)c5)c(C)cc24)SC[C@@H](OCOC)C3)CC1. The molecule has 0 bridgehead atoms. The van der Waals surface area contributed by atoms with Crippen molar-refractivity contribution in [3.63, 3.8) is 0 Å². The summed E-state index contributed by atoms with van der Waals surface area (Å²) >= 11 is 7.75. The van der Waals surface area contributed by atoms with Gasteiger partial charge in [-0.1, -0.05) is 24.2 Å². The third kappa shape index (κ3) is 4.93. The third-order valence-corrected chi connectivity index (χ3v) is 8.41. The van der Waals surface area contributed by atoms with Crippen LogP contribution in [0.15, 0.2) is 46.6 Å². The Balaban J connectivity index is 1.69. The van der Waals surface area contributed by atoms with Crippen molar-refractivity contribution in [1.29, 1.82) is 0 Å². The van der Waals surface area contributed by atoms with Crippen LogP contribution < -0.4 is 10.6 Å². The molecular formula is C27H28ClFN4O4S. The van der Waals surface area contributed by atoms with Crippen LogP contribution in [0.1, 0.15) is 5.56 Å². The Hall–Kier alpha value is -2.92. The summed E-state index contributed by atoms with van der Waals surface area (Å²) in [5.41, 5.74) is 3.00. The zero-order valence-electron chi connectivity index (χ0n) is 21.2. The molecule has 3 aromatic rings. The second-order valence-corrected chi connectivity index (χ2v) is 10.7. The number of methoxy groups -OCH3 is 1. The van der Waals surface area contributed by atoms with E-state index in [4.69, 9.17) is 21.1 Å². The molecular weight excluding hydrogens is 531 g/mol. The number of carbonyl (C=O) groups is 1. The molecule has 2 aliphatic heterocycles. The topological polar surface area (TPSA) is 76.9 Å². The average molecular weight is 559 g/mol. The quantitative estimate of drug-likeness (QED) is 0.333. The van der Waals surface area contributed by atoms with E-state index in [0.717, 1.165) is 32.5 Å². The first kappa shape index (κ1) is 26.7. The van der Waals surface area contributed by atoms with E-state index in [1.54, 1.807) is 40.5 Å². The molecule has 0 N–H and O–H groups in total. The molecule has 2 aliphatic rings. The summed E-state index contributed by atoms with van der Waals surface area (Å²) in [7, 11) is 1.56. The second kappa shape index (κ2) is 11.1. The van der Waals surface area contributed by atoms with Crippen LogP contribution in [-0.2, 0) is 20.8 Å². The van der Waals surface area contributed by atoms with Gasteiger partial charge in [-0.15, -0.1) is 11.8 Å². The highest BCUT2D eigenvalue weighted by molar-refractivity contribution is 7.99. The lowest BCUT2D eigenvalue weighted by Gasteiger charge is -2.35. The largest absolute Gasteiger partial charge is 0.359 e. The first-order valence-corrected chi connectivity index (χ1v) is 13.6. The van der Waals surface area contributed by atoms with Crippen molar-refractivity contribution in [2.45, 2.75) is 24.5 Å². The predicted molar refractivity (Wildman–Crippen MR) is 148 cm³/mol. The van der Waals surface area contributed by atoms with Crippen LogP contribution in [0.25, 0.3) is 22.0 Å². The van der Waals surface area contributed by atoms with E-state index in [1.807, 2.05) is 13.0 Å². The minimum absolute atomic E-state index is 0.0360. The number of hydrogen-bond donors (Lipinski definition) is 0. The number of carbonyl (C=O) groups excluding carboxylic acids is 1. The molecule has 0 unspecified atom stereocenters. The summed E-state index contributed by atoms with van der Waals surface area (Å²) in [6, 6.07) is 6.71. The molecule has 1 fully saturated rings. The van der Waals surface area contributed by atoms with Crippen molar-refractivity contribution >= 4 is 46.0 Å². The predicted octanol–water partition coefficient (Wildman–Crippen LogP) is 4.09. The summed E-state index contributed by atoms with van der Waals surface area (Å²) in [5, 5.41) is 0.881. The number of anilines is 1. The normalized spacial score (nSPS) is 17.5. The lowest BCUT2D eigenvalue weighted by atomic mass is 9.97. The lowest BCUT2D eigenvalue weighted by molar-refractivity contribution is -0.126. The molecule has 2 aromatic carbocycles. The van der Waals surface area contributed by atoms with Gasteiger partial charge in [0.2, 0.25) is 5.91 Å². The molecule has 1 amide bonds. The van der Waals surface area contributed by atoms with E-state index in [2.05, 4.69) is 16.5 Å². The zero-order chi connectivity index (χ0) is 27.0. The highest BCUT2D eigenvalue weighted by Crippen LogP contribution is 2.44. The molecule has 8 nitrogen and oxygen atoms in total. The highest BCUT2D eigenvalue weighted by Gasteiger charge is 2.29. The van der Waals surface area contributed by atoms with Gasteiger partial charge in [-0.25, -0.2) is 9.18 Å². The van der Waals surface area contributed by atoms with Crippen molar-refractivity contribution in [3.05, 3.63) is 63.8 Å². The standard InChI is InChI=1S/C27H28ClFN4O4S/c1-4-22(34)31-7-9-32(10-8-31)26-19-11-16(2)23(17-5-6-21(29)20(28)12-17)25-24(19)33(27(35)30-26)13-18(14-38-25)37-15-36-3/h4-6,11-12,18H,1,7-10,13-15H2,2-3H3/t18-/m0/s1. The van der Waals surface area contributed by atoms with Gasteiger partial charge in [0, 0.05) is 54.9 Å². The maximum Gasteiger partial charge on any atom is 0.350 e. The van der Waals surface area contributed by atoms with Gasteiger partial charge in [0.15, 0.2) is 0 Å². The van der Waals surface area contributed by atoms with Crippen LogP contribution in [0.5, 0.6) is 0 Å². The number of nitrogens with zero attached hydrogens (tertiary/aromatic N) is 4. The average Bonchev–Trinajstić information content (AvgIpc) is 3.11. The Morgan fingerprint density at radius 3 is 2.74 bits per heavy atom. The van der Waals surface area contributed by atoms with E-state index in [9.17, 15) is 14.0 Å². The summed E-state index contributed by atoms with van der Waals surface area (Å²) in [5.74, 6) is 0.584. The molecule has 200 valence electrons. The molecule has 0 aliphatic carbocycles. The van der Waals surface area contributed by atoms with Crippen LogP contribution in [-0.4, -0.2) is 72.3 Å². The Labute approximate surface area is 229 Å². The number of thioether (sulfide) groups is 1. The summed E-state index contributed by atoms with van der Waals surface area (Å²) in [6.07, 6.45) is 1.04. The number of benzene rings is 2. The van der Waals surface area contributed by atoms with E-state index in [0.29, 0.717) is 44.3 Å². The van der Waals surface area contributed by atoms with Gasteiger partial charge in [-0.2, -0.15) is 4.98 Å². The number of rotatable bonds is 6. The minimum Gasteiger partial charge on any atom is -0.359 e. The number of piperazine rings is 1. The molecule has 11 heteroatoms. The number of aromatic nitrogens is 2. The first-order chi connectivity index (χ1) is 18.3. The monoisotopic (exact) mass is 558 g/mol. The van der Waals surface area contributed by atoms with Crippen LogP contribution in [0.4, 0.5) is 10.2 Å². The Morgan fingerprint density at radius 1 is 1.29 bits per heavy atom. The van der Waals surface area contributed by atoms with Crippen LogP contribution in [0.2, 0.25) is 5.02 Å². The molecule has 1 saturated heterocycles. The third-order valence-electron chi connectivity index (χ3n) is 6.89. The second-order valence-electron chi connectivity index (χ2n) is 9.27. The van der Waals surface area contributed by atoms with Gasteiger partial charge in [0.25, 0.3) is 0 Å². The van der Waals surface area contributed by atoms with Crippen LogP contribution >= 0.6 is 23.4 Å². The number of halogens is 2. The van der Waals surface area contributed by atoms with Crippen molar-refractivity contribution in [1.82, 2.24) is 14.5 Å². The maximum absolute atomic E-state index is 14.0. The Morgan fingerprint density at radius 2 is 2.05 bits per heavy atom. The summed E-state index contributed by atoms with van der Waals surface area (Å²) in [4.78, 5) is 34.8. The van der Waals surface area contributed by atoms with Gasteiger partial charge in [0.1, 0.15) is 18.4 Å². The number of aryl methyl sites for hydroxylation is 1. The first-order valence-electron chi connectivity index (χ1n) is 12.3. The fourth-order valence-corrected chi connectivity index (χ4v) is 6.56. The zero-order valence-corrected chi connectivity index (χ0v) is 22.8. The fraction of sp³-hybridized carbons (Fsp3) is 0.370. The molecule has 0 radical (unpaired) electrons. The molecule has 1 aromatic heterocycles. The number of amides is 1. The van der Waals surface area contributed by atoms with E-state index < -0.39 is 5.82 Å². The van der Waals surface area contributed by atoms with E-state index in [-0.39, 0.29) is 29.5 Å². The summed E-state index contributed by atoms with van der Waals surface area (Å²) < 4.78 is 26.7. The van der Waals surface area contributed by atoms with Crippen molar-refractivity contribution in [2.75, 3.05) is 50.7 Å². The smallest absolute Gasteiger partial charge is 0.350 e. The maximum atomic E-state index is 14.0. The lowest BCUT2D eigenvalue weighted by Crippen LogP contribution is -2.49. The van der Waals surface area contributed by atoms with Gasteiger partial charge in [-0.3, -0.25) is 9.36 Å². The number of ether oxygens (including phenoxy) is 2. The van der Waals surface area contributed by atoms with Gasteiger partial charge in [-0.05, 0) is 42.3 Å². The van der Waals surface area contributed by atoms with Crippen molar-refractivity contribution in [2.24, 2.45) is 0 Å². The molecule has 0 spiro atoms.